The molecule has 0 aromatic heterocycles. The molecule has 0 saturated carbocycles. The molecule has 0 aliphatic carbocycles. The number of carboxylic acid groups (broad SMARTS) is 1. The third-order valence-corrected chi connectivity index (χ3v) is 5.29. The second-order valence-corrected chi connectivity index (χ2v) is 9.90. The van der Waals surface area contributed by atoms with E-state index in [4.69, 9.17) is 4.74 Å². The molecule has 0 spiro atoms. The number of hydrogen-bond donors (Lipinski definition) is 1. The molecule has 1 aromatic carbocycles. The summed E-state index contributed by atoms with van der Waals surface area (Å²) in [5.41, 5.74) is 2.10. The lowest BCUT2D eigenvalue weighted by atomic mass is 9.84. The van der Waals surface area contributed by atoms with Crippen LogP contribution < -0.4 is 0 Å². The fourth-order valence-corrected chi connectivity index (χ4v) is 3.62. The summed E-state index contributed by atoms with van der Waals surface area (Å²) in [6.07, 6.45) is 2.61. The number of piperidine rings is 1. The fourth-order valence-electron chi connectivity index (χ4n) is 3.62. The lowest BCUT2D eigenvalue weighted by Crippen LogP contribution is -2.51. The largest absolute Gasteiger partial charge is 0.480 e. The van der Waals surface area contributed by atoms with E-state index in [1.165, 1.54) is 16.0 Å². The van der Waals surface area contributed by atoms with Crippen molar-refractivity contribution in [3.63, 3.8) is 0 Å². The summed E-state index contributed by atoms with van der Waals surface area (Å²) in [6.45, 7) is 12.4. The summed E-state index contributed by atoms with van der Waals surface area (Å²) in [5.74, 6) is -0.660. The maximum absolute atomic E-state index is 12.4. The topological polar surface area (TPSA) is 66.8 Å². The smallest absolute Gasteiger partial charge is 0.411 e. The SMILES string of the molecule is CC(C)(C)OC(=O)N1CC[C@H](CCc2ccc(C(C)(C)C)cc2)C[C@H]1C(=O)O. The van der Waals surface area contributed by atoms with Gasteiger partial charge in [-0.15, -0.1) is 0 Å². The summed E-state index contributed by atoms with van der Waals surface area (Å²) >= 11 is 0. The number of amides is 1. The molecule has 1 aliphatic rings. The van der Waals surface area contributed by atoms with Crippen LogP contribution in [0.2, 0.25) is 0 Å². The molecule has 1 N–H and O–H groups in total. The van der Waals surface area contributed by atoms with E-state index in [0.717, 1.165) is 19.3 Å². The van der Waals surface area contributed by atoms with Crippen LogP contribution in [0.15, 0.2) is 24.3 Å². The van der Waals surface area contributed by atoms with Crippen molar-refractivity contribution >= 4 is 12.1 Å². The number of rotatable bonds is 4. The molecule has 5 heteroatoms. The van der Waals surface area contributed by atoms with E-state index in [2.05, 4.69) is 45.0 Å². The first-order valence-electron chi connectivity index (χ1n) is 10.2. The van der Waals surface area contributed by atoms with Crippen LogP contribution in [-0.4, -0.2) is 40.3 Å². The van der Waals surface area contributed by atoms with E-state index in [1.807, 2.05) is 0 Å². The van der Waals surface area contributed by atoms with Gasteiger partial charge in [0, 0.05) is 6.54 Å². The lowest BCUT2D eigenvalue weighted by molar-refractivity contribution is -0.145. The summed E-state index contributed by atoms with van der Waals surface area (Å²) < 4.78 is 5.38. The molecule has 2 rings (SSSR count). The van der Waals surface area contributed by atoms with Gasteiger partial charge in [0.05, 0.1) is 0 Å². The van der Waals surface area contributed by atoms with Crippen molar-refractivity contribution in [3.05, 3.63) is 35.4 Å². The quantitative estimate of drug-likeness (QED) is 0.785. The molecule has 2 atom stereocenters. The molecule has 1 amide bonds. The number of nitrogens with zero attached hydrogens (tertiary/aromatic N) is 1. The van der Waals surface area contributed by atoms with E-state index in [-0.39, 0.29) is 5.41 Å². The molecule has 1 saturated heterocycles. The first kappa shape index (κ1) is 22.3. The minimum atomic E-state index is -0.954. The Bertz CT molecular complexity index is 682. The maximum atomic E-state index is 12.4. The highest BCUT2D eigenvalue weighted by Crippen LogP contribution is 2.29. The molecule has 1 heterocycles. The monoisotopic (exact) mass is 389 g/mol. The van der Waals surface area contributed by atoms with Gasteiger partial charge in [0.25, 0.3) is 0 Å². The third-order valence-electron chi connectivity index (χ3n) is 5.29. The van der Waals surface area contributed by atoms with Crippen LogP contribution in [0.25, 0.3) is 0 Å². The molecule has 0 bridgehead atoms. The molecule has 0 radical (unpaired) electrons. The van der Waals surface area contributed by atoms with Gasteiger partial charge >= 0.3 is 12.1 Å². The van der Waals surface area contributed by atoms with Crippen LogP contribution in [0.4, 0.5) is 4.79 Å². The summed E-state index contributed by atoms with van der Waals surface area (Å²) in [7, 11) is 0. The minimum Gasteiger partial charge on any atom is -0.480 e. The number of aliphatic carboxylic acids is 1. The van der Waals surface area contributed by atoms with Crippen LogP contribution in [-0.2, 0) is 21.4 Å². The maximum Gasteiger partial charge on any atom is 0.411 e. The third kappa shape index (κ3) is 6.25. The average Bonchev–Trinajstić information content (AvgIpc) is 2.57. The van der Waals surface area contributed by atoms with Crippen LogP contribution in [0, 0.1) is 5.92 Å². The normalized spacial score (nSPS) is 20.7. The number of likely N-dealkylation sites (tertiary alicyclic amines) is 1. The second kappa shape index (κ2) is 8.54. The molecule has 0 unspecified atom stereocenters. The zero-order chi connectivity index (χ0) is 21.1. The van der Waals surface area contributed by atoms with Crippen molar-refractivity contribution in [2.75, 3.05) is 6.54 Å². The minimum absolute atomic E-state index is 0.141. The molecule has 28 heavy (non-hydrogen) atoms. The second-order valence-electron chi connectivity index (χ2n) is 9.90. The summed E-state index contributed by atoms with van der Waals surface area (Å²) in [4.78, 5) is 25.5. The van der Waals surface area contributed by atoms with Gasteiger partial charge < -0.3 is 9.84 Å². The molecule has 5 nitrogen and oxygen atoms in total. The highest BCUT2D eigenvalue weighted by atomic mass is 16.6. The van der Waals surface area contributed by atoms with Crippen LogP contribution in [0.5, 0.6) is 0 Å². The highest BCUT2D eigenvalue weighted by molar-refractivity contribution is 5.80. The van der Waals surface area contributed by atoms with E-state index in [0.29, 0.717) is 18.9 Å². The van der Waals surface area contributed by atoms with Crippen LogP contribution in [0.3, 0.4) is 0 Å². The first-order chi connectivity index (χ1) is 12.9. The number of carbonyl (C=O) groups excluding carboxylic acids is 1. The van der Waals surface area contributed by atoms with Gasteiger partial charge in [-0.05, 0) is 68.9 Å². The standard InChI is InChI=1S/C23H35NO4/c1-22(2,3)18-11-9-16(10-12-18)7-8-17-13-14-24(19(15-17)20(25)26)21(27)28-23(4,5)6/h9-12,17,19H,7-8,13-15H2,1-6H3,(H,25,26)/t17-,19-/m0/s1. The summed E-state index contributed by atoms with van der Waals surface area (Å²) in [5, 5.41) is 9.62. The fraction of sp³-hybridized carbons (Fsp3) is 0.652. The molecular weight excluding hydrogens is 354 g/mol. The van der Waals surface area contributed by atoms with Crippen molar-refractivity contribution in [2.45, 2.75) is 84.3 Å². The number of hydrogen-bond acceptors (Lipinski definition) is 3. The molecule has 1 fully saturated rings. The van der Waals surface area contributed by atoms with Crippen molar-refractivity contribution in [1.82, 2.24) is 4.90 Å². The Balaban J connectivity index is 1.95. The van der Waals surface area contributed by atoms with Crippen molar-refractivity contribution in [3.8, 4) is 0 Å². The van der Waals surface area contributed by atoms with Gasteiger partial charge in [0.15, 0.2) is 0 Å². The molecule has 156 valence electrons. The Morgan fingerprint density at radius 1 is 1.11 bits per heavy atom. The Labute approximate surface area is 169 Å². The molecular formula is C23H35NO4. The van der Waals surface area contributed by atoms with Crippen LogP contribution in [0.1, 0.15) is 71.9 Å². The lowest BCUT2D eigenvalue weighted by Gasteiger charge is -2.38. The van der Waals surface area contributed by atoms with E-state index in [1.54, 1.807) is 20.8 Å². The molecule has 1 aromatic rings. The Morgan fingerprint density at radius 2 is 1.71 bits per heavy atom. The van der Waals surface area contributed by atoms with Crippen LogP contribution >= 0.6 is 0 Å². The van der Waals surface area contributed by atoms with Gasteiger partial charge in [0.2, 0.25) is 0 Å². The van der Waals surface area contributed by atoms with Crippen molar-refractivity contribution < 1.29 is 19.4 Å². The average molecular weight is 390 g/mol. The van der Waals surface area contributed by atoms with Gasteiger partial charge in [-0.25, -0.2) is 9.59 Å². The zero-order valence-corrected chi connectivity index (χ0v) is 18.1. The Hall–Kier alpha value is -2.04. The number of carboxylic acids is 1. The van der Waals surface area contributed by atoms with Gasteiger partial charge in [-0.3, -0.25) is 4.90 Å². The first-order valence-corrected chi connectivity index (χ1v) is 10.2. The number of ether oxygens (including phenoxy) is 1. The van der Waals surface area contributed by atoms with Gasteiger partial charge in [-0.1, -0.05) is 45.0 Å². The zero-order valence-electron chi connectivity index (χ0n) is 18.1. The van der Waals surface area contributed by atoms with E-state index in [9.17, 15) is 14.7 Å². The highest BCUT2D eigenvalue weighted by Gasteiger charge is 2.38. The number of aryl methyl sites for hydroxylation is 1. The number of carbonyl (C=O) groups is 2. The Kier molecular flexibility index (Phi) is 6.79. The van der Waals surface area contributed by atoms with Crippen molar-refractivity contribution in [1.29, 1.82) is 0 Å². The Morgan fingerprint density at radius 3 is 2.21 bits per heavy atom. The van der Waals surface area contributed by atoms with E-state index >= 15 is 0 Å². The van der Waals surface area contributed by atoms with Gasteiger partial charge in [0.1, 0.15) is 11.6 Å². The van der Waals surface area contributed by atoms with Gasteiger partial charge in [-0.2, -0.15) is 0 Å². The molecule has 1 aliphatic heterocycles. The number of benzene rings is 1. The predicted molar refractivity (Wildman–Crippen MR) is 111 cm³/mol. The van der Waals surface area contributed by atoms with E-state index < -0.39 is 23.7 Å². The predicted octanol–water partition coefficient (Wildman–Crippen LogP) is 5.02. The van der Waals surface area contributed by atoms with Crippen molar-refractivity contribution in [2.24, 2.45) is 5.92 Å². The summed E-state index contributed by atoms with van der Waals surface area (Å²) in [6, 6.07) is 7.90.